The van der Waals surface area contributed by atoms with E-state index in [1.54, 1.807) is 24.3 Å². The van der Waals surface area contributed by atoms with Gasteiger partial charge in [0.1, 0.15) is 25.0 Å². The van der Waals surface area contributed by atoms with Crippen molar-refractivity contribution in [3.05, 3.63) is 24.3 Å². The van der Waals surface area contributed by atoms with E-state index < -0.39 is 18.1 Å². The molecule has 1 heterocycles. The average molecular weight is 266 g/mol. The predicted octanol–water partition coefficient (Wildman–Crippen LogP) is 0.0405. The summed E-state index contributed by atoms with van der Waals surface area (Å²) in [5, 5.41) is 20.2. The molecule has 1 aromatic rings. The SMILES string of the molecule is O=C(O)NCC(=O)N1CC(O)COc2ccccc21. The first-order valence-electron chi connectivity index (χ1n) is 5.75. The molecule has 0 bridgehead atoms. The summed E-state index contributed by atoms with van der Waals surface area (Å²) in [5.74, 6) is 0.0436. The molecule has 1 aliphatic rings. The number of hydrogen-bond donors (Lipinski definition) is 3. The van der Waals surface area contributed by atoms with E-state index in [4.69, 9.17) is 9.84 Å². The van der Waals surface area contributed by atoms with E-state index >= 15 is 0 Å². The molecule has 3 N–H and O–H groups in total. The number of para-hydroxylation sites is 2. The molecule has 0 radical (unpaired) electrons. The highest BCUT2D eigenvalue weighted by Crippen LogP contribution is 2.30. The van der Waals surface area contributed by atoms with Gasteiger partial charge in [-0.3, -0.25) is 4.79 Å². The minimum absolute atomic E-state index is 0.0666. The number of aliphatic hydroxyl groups excluding tert-OH is 1. The molecule has 0 saturated heterocycles. The van der Waals surface area contributed by atoms with E-state index in [0.29, 0.717) is 11.4 Å². The zero-order valence-corrected chi connectivity index (χ0v) is 10.1. The minimum Gasteiger partial charge on any atom is -0.489 e. The molecule has 1 aromatic carbocycles. The Bertz CT molecular complexity index is 491. The maximum atomic E-state index is 12.0. The first-order valence-corrected chi connectivity index (χ1v) is 5.75. The summed E-state index contributed by atoms with van der Waals surface area (Å²) in [7, 11) is 0. The summed E-state index contributed by atoms with van der Waals surface area (Å²) in [6.07, 6.45) is -2.09. The van der Waals surface area contributed by atoms with Crippen LogP contribution in [-0.4, -0.2) is 48.0 Å². The van der Waals surface area contributed by atoms with Crippen LogP contribution in [-0.2, 0) is 4.79 Å². The number of carbonyl (C=O) groups is 2. The molecule has 0 aliphatic carbocycles. The number of nitrogens with one attached hydrogen (secondary N) is 1. The topological polar surface area (TPSA) is 99.1 Å². The third kappa shape index (κ3) is 3.14. The van der Waals surface area contributed by atoms with E-state index in [1.165, 1.54) is 4.90 Å². The number of amides is 2. The van der Waals surface area contributed by atoms with Gasteiger partial charge in [0, 0.05) is 0 Å². The standard InChI is InChI=1S/C12H14N2O5/c15-8-6-14(11(16)5-13-12(17)18)9-3-1-2-4-10(9)19-7-8/h1-4,8,13,15H,5-7H2,(H,17,18). The molecule has 0 saturated carbocycles. The molecular formula is C12H14N2O5. The number of nitrogens with zero attached hydrogens (tertiary/aromatic N) is 1. The number of benzene rings is 1. The molecule has 7 nitrogen and oxygen atoms in total. The van der Waals surface area contributed by atoms with Crippen LogP contribution in [0.3, 0.4) is 0 Å². The largest absolute Gasteiger partial charge is 0.489 e. The zero-order valence-electron chi connectivity index (χ0n) is 10.1. The van der Waals surface area contributed by atoms with Crippen LogP contribution in [0.2, 0.25) is 0 Å². The fraction of sp³-hybridized carbons (Fsp3) is 0.333. The highest BCUT2D eigenvalue weighted by Gasteiger charge is 2.26. The van der Waals surface area contributed by atoms with E-state index in [-0.39, 0.29) is 19.7 Å². The first kappa shape index (κ1) is 13.2. The Labute approximate surface area is 109 Å². The Morgan fingerprint density at radius 3 is 2.89 bits per heavy atom. The normalized spacial score (nSPS) is 17.9. The van der Waals surface area contributed by atoms with Crippen molar-refractivity contribution in [1.82, 2.24) is 5.32 Å². The maximum absolute atomic E-state index is 12.0. The summed E-state index contributed by atoms with van der Waals surface area (Å²) >= 11 is 0. The molecule has 0 aromatic heterocycles. The van der Waals surface area contributed by atoms with Gasteiger partial charge in [0.05, 0.1) is 12.2 Å². The Kier molecular flexibility index (Phi) is 3.86. The van der Waals surface area contributed by atoms with Gasteiger partial charge < -0.3 is 25.2 Å². The number of hydrogen-bond acceptors (Lipinski definition) is 4. The van der Waals surface area contributed by atoms with Gasteiger partial charge in [-0.15, -0.1) is 0 Å². The van der Waals surface area contributed by atoms with Crippen LogP contribution < -0.4 is 15.0 Å². The van der Waals surface area contributed by atoms with E-state index in [2.05, 4.69) is 0 Å². The monoisotopic (exact) mass is 266 g/mol. The molecule has 1 aliphatic heterocycles. The second-order valence-electron chi connectivity index (χ2n) is 4.10. The quantitative estimate of drug-likeness (QED) is 0.702. The lowest BCUT2D eigenvalue weighted by atomic mass is 10.2. The van der Waals surface area contributed by atoms with Crippen LogP contribution in [0.5, 0.6) is 5.75 Å². The van der Waals surface area contributed by atoms with Crippen molar-refractivity contribution in [1.29, 1.82) is 0 Å². The third-order valence-electron chi connectivity index (χ3n) is 2.67. The van der Waals surface area contributed by atoms with Crippen LogP contribution >= 0.6 is 0 Å². The molecule has 0 fully saturated rings. The van der Waals surface area contributed by atoms with Crippen molar-refractivity contribution in [3.63, 3.8) is 0 Å². The van der Waals surface area contributed by atoms with Gasteiger partial charge in [-0.25, -0.2) is 4.79 Å². The molecule has 102 valence electrons. The van der Waals surface area contributed by atoms with E-state index in [9.17, 15) is 14.7 Å². The highest BCUT2D eigenvalue weighted by molar-refractivity contribution is 5.97. The number of anilines is 1. The van der Waals surface area contributed by atoms with Gasteiger partial charge >= 0.3 is 6.09 Å². The summed E-state index contributed by atoms with van der Waals surface area (Å²) in [4.78, 5) is 23.7. The number of aliphatic hydroxyl groups is 1. The van der Waals surface area contributed by atoms with Crippen LogP contribution in [0.4, 0.5) is 10.5 Å². The van der Waals surface area contributed by atoms with Crippen molar-refractivity contribution in [2.24, 2.45) is 0 Å². The second kappa shape index (κ2) is 5.57. The van der Waals surface area contributed by atoms with Gasteiger partial charge in [0.2, 0.25) is 5.91 Å². The Balaban J connectivity index is 2.21. The third-order valence-corrected chi connectivity index (χ3v) is 2.67. The number of rotatable bonds is 2. The number of carbonyl (C=O) groups excluding carboxylic acids is 1. The second-order valence-corrected chi connectivity index (χ2v) is 4.10. The number of carboxylic acid groups (broad SMARTS) is 1. The number of β-amino-alcohol motifs (C(OH)–C–C–N with tert-alkyl or cyclic N) is 1. The molecule has 1 atom stereocenters. The summed E-state index contributed by atoms with van der Waals surface area (Å²) < 4.78 is 5.39. The summed E-state index contributed by atoms with van der Waals surface area (Å²) in [5.41, 5.74) is 0.524. The van der Waals surface area contributed by atoms with E-state index in [0.717, 1.165) is 0 Å². The highest BCUT2D eigenvalue weighted by atomic mass is 16.5. The number of ether oxygens (including phenoxy) is 1. The van der Waals surface area contributed by atoms with Crippen LogP contribution in [0.1, 0.15) is 0 Å². The minimum atomic E-state index is -1.27. The molecule has 0 spiro atoms. The maximum Gasteiger partial charge on any atom is 0.405 e. The van der Waals surface area contributed by atoms with Gasteiger partial charge in [-0.05, 0) is 12.1 Å². The van der Waals surface area contributed by atoms with E-state index in [1.807, 2.05) is 5.32 Å². The molecular weight excluding hydrogens is 252 g/mol. The molecule has 2 rings (SSSR count). The van der Waals surface area contributed by atoms with Gasteiger partial charge in [-0.1, -0.05) is 12.1 Å². The Morgan fingerprint density at radius 2 is 2.16 bits per heavy atom. The van der Waals surface area contributed by atoms with Gasteiger partial charge in [-0.2, -0.15) is 0 Å². The number of fused-ring (bicyclic) bond motifs is 1. The van der Waals surface area contributed by atoms with Gasteiger partial charge in [0.15, 0.2) is 0 Å². The summed E-state index contributed by atoms with van der Waals surface area (Å²) in [6, 6.07) is 6.88. The van der Waals surface area contributed by atoms with Gasteiger partial charge in [0.25, 0.3) is 0 Å². The van der Waals surface area contributed by atoms with Crippen molar-refractivity contribution in [3.8, 4) is 5.75 Å². The molecule has 2 amide bonds. The van der Waals surface area contributed by atoms with Crippen molar-refractivity contribution in [2.45, 2.75) is 6.10 Å². The molecule has 19 heavy (non-hydrogen) atoms. The fourth-order valence-electron chi connectivity index (χ4n) is 1.83. The first-order chi connectivity index (χ1) is 9.08. The van der Waals surface area contributed by atoms with Crippen molar-refractivity contribution >= 4 is 17.7 Å². The van der Waals surface area contributed by atoms with Crippen molar-refractivity contribution in [2.75, 3.05) is 24.6 Å². The van der Waals surface area contributed by atoms with Crippen molar-refractivity contribution < 1.29 is 24.5 Å². The van der Waals surface area contributed by atoms with Crippen LogP contribution in [0, 0.1) is 0 Å². The Hall–Kier alpha value is -2.28. The smallest absolute Gasteiger partial charge is 0.405 e. The summed E-state index contributed by atoms with van der Waals surface area (Å²) in [6.45, 7) is -0.194. The average Bonchev–Trinajstić information content (AvgIpc) is 2.56. The Morgan fingerprint density at radius 1 is 1.42 bits per heavy atom. The fourth-order valence-corrected chi connectivity index (χ4v) is 1.83. The van der Waals surface area contributed by atoms with Crippen LogP contribution in [0.25, 0.3) is 0 Å². The molecule has 7 heteroatoms. The lowest BCUT2D eigenvalue weighted by Gasteiger charge is -2.22. The predicted molar refractivity (Wildman–Crippen MR) is 66.3 cm³/mol. The van der Waals surface area contributed by atoms with Crippen LogP contribution in [0.15, 0.2) is 24.3 Å². The lowest BCUT2D eigenvalue weighted by Crippen LogP contribution is -2.43. The zero-order chi connectivity index (χ0) is 13.8. The molecule has 1 unspecified atom stereocenters. The lowest BCUT2D eigenvalue weighted by molar-refractivity contribution is -0.118.